The third-order valence-corrected chi connectivity index (χ3v) is 7.62. The Morgan fingerprint density at radius 2 is 2.00 bits per heavy atom. The number of pyridine rings is 2. The molecular formula is C26H26N6OS. The number of thiophene rings is 1. The molecule has 0 saturated carbocycles. The van der Waals surface area contributed by atoms with Crippen LogP contribution in [0.4, 0.5) is 11.5 Å². The van der Waals surface area contributed by atoms with Crippen LogP contribution in [-0.4, -0.2) is 54.6 Å². The molecular weight excluding hydrogens is 444 g/mol. The predicted molar refractivity (Wildman–Crippen MR) is 141 cm³/mol. The fourth-order valence-electron chi connectivity index (χ4n) is 4.73. The lowest BCUT2D eigenvalue weighted by Gasteiger charge is -2.29. The number of hydrogen-bond donors (Lipinski definition) is 3. The zero-order chi connectivity index (χ0) is 23.2. The first kappa shape index (κ1) is 21.1. The largest absolute Gasteiger partial charge is 0.381 e. The number of nitrogens with one attached hydrogen (secondary N) is 3. The number of nitrogens with zero attached hydrogens (tertiary/aromatic N) is 3. The summed E-state index contributed by atoms with van der Waals surface area (Å²) in [7, 11) is 0. The Balaban J connectivity index is 1.47. The Morgan fingerprint density at radius 1 is 1.15 bits per heavy atom. The topological polar surface area (TPSA) is 82.2 Å². The average molecular weight is 471 g/mol. The number of rotatable bonds is 3. The Hall–Kier alpha value is -3.49. The first-order chi connectivity index (χ1) is 16.6. The van der Waals surface area contributed by atoms with Gasteiger partial charge in [-0.3, -0.25) is 4.79 Å². The molecule has 1 amide bonds. The lowest BCUT2D eigenvalue weighted by Crippen LogP contribution is -2.43. The van der Waals surface area contributed by atoms with Crippen LogP contribution >= 0.6 is 11.3 Å². The van der Waals surface area contributed by atoms with Crippen molar-refractivity contribution in [3.05, 3.63) is 53.5 Å². The van der Waals surface area contributed by atoms with E-state index >= 15 is 0 Å². The molecule has 3 aromatic heterocycles. The summed E-state index contributed by atoms with van der Waals surface area (Å²) in [6.45, 7) is 10.4. The summed E-state index contributed by atoms with van der Waals surface area (Å²) in [4.78, 5) is 25.5. The second kappa shape index (κ2) is 8.38. The third-order valence-electron chi connectivity index (χ3n) is 6.47. The summed E-state index contributed by atoms with van der Waals surface area (Å²) in [6, 6.07) is 12.5. The Labute approximate surface area is 201 Å². The second-order valence-corrected chi connectivity index (χ2v) is 9.90. The average Bonchev–Trinajstić information content (AvgIpc) is 3.20. The number of benzene rings is 1. The highest BCUT2D eigenvalue weighted by Gasteiger charge is 2.25. The van der Waals surface area contributed by atoms with Crippen molar-refractivity contribution in [3.8, 4) is 11.3 Å². The van der Waals surface area contributed by atoms with E-state index < -0.39 is 0 Å². The number of carbonyl (C=O) groups is 1. The minimum absolute atomic E-state index is 0.0133. The number of carbonyl (C=O) groups excluding carboxylic acids is 1. The molecule has 2 aliphatic heterocycles. The van der Waals surface area contributed by atoms with E-state index in [0.717, 1.165) is 80.5 Å². The molecule has 6 rings (SSSR count). The standard InChI is InChI=1S/C26H26N6OS/c1-3-17-12-16(13-22(30-17)32-10-8-27-9-11-32)19-5-4-18-20(31-19)6-7-21-23(18)24-25(34-21)26(33)29-15(2)14-28-24/h3-7,12-13,15,27-28H,1,8-11,14H2,2H3,(H,29,33)/t15-/m1/s1. The first-order valence-corrected chi connectivity index (χ1v) is 12.4. The molecule has 1 saturated heterocycles. The van der Waals surface area contributed by atoms with Crippen LogP contribution < -0.4 is 20.9 Å². The Kier molecular flexibility index (Phi) is 5.19. The molecule has 2 aliphatic rings. The zero-order valence-electron chi connectivity index (χ0n) is 19.0. The molecule has 5 heterocycles. The van der Waals surface area contributed by atoms with E-state index in [0.29, 0.717) is 6.54 Å². The van der Waals surface area contributed by atoms with Crippen molar-refractivity contribution in [3.63, 3.8) is 0 Å². The maximum Gasteiger partial charge on any atom is 0.263 e. The van der Waals surface area contributed by atoms with Gasteiger partial charge in [0.05, 0.1) is 22.6 Å². The molecule has 0 aliphatic carbocycles. The van der Waals surface area contributed by atoms with Gasteiger partial charge in [-0.15, -0.1) is 11.3 Å². The van der Waals surface area contributed by atoms with Crippen molar-refractivity contribution in [2.45, 2.75) is 13.0 Å². The number of piperazine rings is 1. The van der Waals surface area contributed by atoms with Gasteiger partial charge in [0.1, 0.15) is 10.7 Å². The fraction of sp³-hybridized carbons (Fsp3) is 0.269. The van der Waals surface area contributed by atoms with Gasteiger partial charge in [0.2, 0.25) is 0 Å². The van der Waals surface area contributed by atoms with Gasteiger partial charge in [-0.05, 0) is 49.4 Å². The van der Waals surface area contributed by atoms with Gasteiger partial charge < -0.3 is 20.9 Å². The normalized spacial score (nSPS) is 18.3. The minimum Gasteiger partial charge on any atom is -0.381 e. The number of hydrogen-bond acceptors (Lipinski definition) is 7. The SMILES string of the molecule is C=Cc1cc(-c2ccc3c(ccc4sc5c(c43)NC[C@@H](C)NC5=O)n2)cc(N2CCNCC2)n1. The van der Waals surface area contributed by atoms with Gasteiger partial charge in [0.15, 0.2) is 0 Å². The molecule has 34 heavy (non-hydrogen) atoms. The van der Waals surface area contributed by atoms with E-state index in [2.05, 4.69) is 51.7 Å². The zero-order valence-corrected chi connectivity index (χ0v) is 19.8. The Morgan fingerprint density at radius 3 is 2.82 bits per heavy atom. The fourth-order valence-corrected chi connectivity index (χ4v) is 5.83. The molecule has 0 bridgehead atoms. The van der Waals surface area contributed by atoms with Crippen LogP contribution in [0, 0.1) is 0 Å². The predicted octanol–water partition coefficient (Wildman–Crippen LogP) is 4.11. The smallest absolute Gasteiger partial charge is 0.263 e. The Bertz CT molecular complexity index is 1440. The highest BCUT2D eigenvalue weighted by atomic mass is 32.1. The van der Waals surface area contributed by atoms with Crippen LogP contribution in [0.2, 0.25) is 0 Å². The van der Waals surface area contributed by atoms with Crippen LogP contribution in [0.1, 0.15) is 22.3 Å². The van der Waals surface area contributed by atoms with Gasteiger partial charge >= 0.3 is 0 Å². The van der Waals surface area contributed by atoms with Gasteiger partial charge in [-0.2, -0.15) is 0 Å². The maximum absolute atomic E-state index is 12.7. The van der Waals surface area contributed by atoms with Gasteiger partial charge in [0, 0.05) is 59.8 Å². The van der Waals surface area contributed by atoms with Gasteiger partial charge in [-0.25, -0.2) is 9.97 Å². The van der Waals surface area contributed by atoms with Crippen molar-refractivity contribution in [2.24, 2.45) is 0 Å². The van der Waals surface area contributed by atoms with Crippen LogP contribution in [0.25, 0.3) is 38.3 Å². The van der Waals surface area contributed by atoms with Crippen molar-refractivity contribution in [1.82, 2.24) is 20.6 Å². The summed E-state index contributed by atoms with van der Waals surface area (Å²) in [5.41, 5.74) is 4.59. The summed E-state index contributed by atoms with van der Waals surface area (Å²) in [6.07, 6.45) is 1.79. The lowest BCUT2D eigenvalue weighted by molar-refractivity contribution is 0.0949. The summed E-state index contributed by atoms with van der Waals surface area (Å²) < 4.78 is 1.09. The monoisotopic (exact) mass is 470 g/mol. The molecule has 172 valence electrons. The molecule has 7 nitrogen and oxygen atoms in total. The summed E-state index contributed by atoms with van der Waals surface area (Å²) >= 11 is 1.53. The molecule has 0 unspecified atom stereocenters. The number of fused-ring (bicyclic) bond motifs is 5. The van der Waals surface area contributed by atoms with E-state index in [9.17, 15) is 4.79 Å². The van der Waals surface area contributed by atoms with Crippen LogP contribution in [0.3, 0.4) is 0 Å². The van der Waals surface area contributed by atoms with Crippen molar-refractivity contribution >= 4 is 55.8 Å². The van der Waals surface area contributed by atoms with Crippen molar-refractivity contribution < 1.29 is 4.79 Å². The summed E-state index contributed by atoms with van der Waals surface area (Å²) in [5, 5.41) is 12.1. The van der Waals surface area contributed by atoms with Crippen LogP contribution in [0.15, 0.2) is 43.0 Å². The molecule has 0 spiro atoms. The highest BCUT2D eigenvalue weighted by Crippen LogP contribution is 2.41. The molecule has 3 N–H and O–H groups in total. The van der Waals surface area contributed by atoms with E-state index in [1.54, 1.807) is 6.08 Å². The quantitative estimate of drug-likeness (QED) is 0.418. The van der Waals surface area contributed by atoms with Crippen molar-refractivity contribution in [1.29, 1.82) is 0 Å². The highest BCUT2D eigenvalue weighted by molar-refractivity contribution is 7.21. The molecule has 1 atom stereocenters. The number of anilines is 2. The minimum atomic E-state index is -0.0133. The van der Waals surface area contributed by atoms with Gasteiger partial charge in [-0.1, -0.05) is 6.58 Å². The number of amides is 1. The van der Waals surface area contributed by atoms with E-state index in [1.807, 2.05) is 19.1 Å². The van der Waals surface area contributed by atoms with E-state index in [-0.39, 0.29) is 11.9 Å². The summed E-state index contributed by atoms with van der Waals surface area (Å²) in [5.74, 6) is 0.944. The van der Waals surface area contributed by atoms with Crippen molar-refractivity contribution in [2.75, 3.05) is 42.9 Å². The molecule has 1 aromatic carbocycles. The maximum atomic E-state index is 12.7. The molecule has 8 heteroatoms. The number of aromatic nitrogens is 2. The van der Waals surface area contributed by atoms with E-state index in [4.69, 9.17) is 9.97 Å². The molecule has 0 radical (unpaired) electrons. The lowest BCUT2D eigenvalue weighted by atomic mass is 10.1. The van der Waals surface area contributed by atoms with Gasteiger partial charge in [0.25, 0.3) is 5.91 Å². The second-order valence-electron chi connectivity index (χ2n) is 8.84. The van der Waals surface area contributed by atoms with Crippen LogP contribution in [0.5, 0.6) is 0 Å². The first-order valence-electron chi connectivity index (χ1n) is 11.6. The third kappa shape index (κ3) is 3.59. The van der Waals surface area contributed by atoms with Crippen LogP contribution in [-0.2, 0) is 0 Å². The molecule has 4 aromatic rings. The molecule has 1 fully saturated rings. The van der Waals surface area contributed by atoms with E-state index in [1.165, 1.54) is 11.3 Å².